The predicted octanol–water partition coefficient (Wildman–Crippen LogP) is -2.51. The molecule has 1 amide bonds. The zero-order valence-electron chi connectivity index (χ0n) is 10.1. The summed E-state index contributed by atoms with van der Waals surface area (Å²) in [6.07, 6.45) is -5.11. The average molecular weight is 263 g/mol. The van der Waals surface area contributed by atoms with Crippen LogP contribution in [0.1, 0.15) is 13.8 Å². The van der Waals surface area contributed by atoms with Crippen molar-refractivity contribution >= 4 is 11.9 Å². The van der Waals surface area contributed by atoms with E-state index in [1.807, 2.05) is 0 Å². The van der Waals surface area contributed by atoms with Crippen molar-refractivity contribution in [1.82, 2.24) is 5.32 Å². The molecule has 0 saturated carbocycles. The second-order valence-electron chi connectivity index (χ2n) is 4.04. The van der Waals surface area contributed by atoms with E-state index in [1.165, 1.54) is 6.92 Å². The molecular weight excluding hydrogens is 246 g/mol. The van der Waals surface area contributed by atoms with E-state index >= 15 is 0 Å². The maximum atomic E-state index is 11.0. The summed E-state index contributed by atoms with van der Waals surface area (Å²) in [4.78, 5) is 22.0. The quantitative estimate of drug-likeness (QED) is 0.414. The number of amides is 1. The van der Waals surface area contributed by atoms with Crippen molar-refractivity contribution in [2.45, 2.75) is 44.5 Å². The molecule has 4 N–H and O–H groups in total. The Hall–Kier alpha value is -1.22. The summed E-state index contributed by atoms with van der Waals surface area (Å²) in [6, 6.07) is -1.09. The van der Waals surface area contributed by atoms with Crippen LogP contribution in [-0.2, 0) is 19.1 Å². The molecule has 1 rings (SSSR count). The first-order valence-electron chi connectivity index (χ1n) is 5.43. The monoisotopic (exact) mass is 263 g/mol. The van der Waals surface area contributed by atoms with Gasteiger partial charge in [0.15, 0.2) is 12.4 Å². The van der Waals surface area contributed by atoms with Gasteiger partial charge in [0, 0.05) is 13.8 Å². The number of carbonyl (C=O) groups excluding carboxylic acids is 2. The lowest BCUT2D eigenvalue weighted by Gasteiger charge is -2.41. The molecule has 1 aliphatic heterocycles. The molecule has 1 heterocycles. The van der Waals surface area contributed by atoms with E-state index in [-0.39, 0.29) is 0 Å². The highest BCUT2D eigenvalue weighted by atomic mass is 16.6. The highest BCUT2D eigenvalue weighted by molar-refractivity contribution is 5.73. The Balaban J connectivity index is 2.89. The van der Waals surface area contributed by atoms with E-state index in [0.717, 1.165) is 6.92 Å². The van der Waals surface area contributed by atoms with Gasteiger partial charge < -0.3 is 30.1 Å². The molecule has 1 fully saturated rings. The van der Waals surface area contributed by atoms with Crippen LogP contribution in [0.3, 0.4) is 0 Å². The molecule has 8 nitrogen and oxygen atoms in total. The van der Waals surface area contributed by atoms with Crippen LogP contribution in [0.15, 0.2) is 0 Å². The van der Waals surface area contributed by atoms with Crippen LogP contribution in [0.4, 0.5) is 0 Å². The molecule has 0 aliphatic carbocycles. The van der Waals surface area contributed by atoms with Crippen molar-refractivity contribution in [2.75, 3.05) is 6.61 Å². The van der Waals surface area contributed by atoms with Crippen molar-refractivity contribution in [1.29, 1.82) is 0 Å². The van der Waals surface area contributed by atoms with Crippen molar-refractivity contribution in [3.63, 3.8) is 0 Å². The minimum Gasteiger partial charge on any atom is -0.457 e. The number of aliphatic hydroxyl groups is 3. The lowest BCUT2D eigenvalue weighted by Crippen LogP contribution is -2.65. The SMILES string of the molecule is CC(=O)N[C@H]1C(O)OC(CO)[C@H](O)C1OC(C)=O. The summed E-state index contributed by atoms with van der Waals surface area (Å²) in [5.74, 6) is -1.16. The van der Waals surface area contributed by atoms with Crippen molar-refractivity contribution < 1.29 is 34.4 Å². The third-order valence-corrected chi connectivity index (χ3v) is 2.54. The smallest absolute Gasteiger partial charge is 0.303 e. The van der Waals surface area contributed by atoms with Crippen LogP contribution in [-0.4, -0.2) is 64.4 Å². The van der Waals surface area contributed by atoms with Gasteiger partial charge in [0.2, 0.25) is 5.91 Å². The lowest BCUT2D eigenvalue weighted by molar-refractivity contribution is -0.258. The Morgan fingerprint density at radius 1 is 1.33 bits per heavy atom. The standard InChI is InChI=1S/C10H17NO7/c1-4(13)11-7-9(17-5(2)14)8(15)6(3-12)18-10(7)16/h6-10,12,15-16H,3H2,1-2H3,(H,11,13)/t6?,7-,8+,9?,10?/m1/s1. The largest absolute Gasteiger partial charge is 0.457 e. The maximum absolute atomic E-state index is 11.0. The molecule has 18 heavy (non-hydrogen) atoms. The molecule has 5 atom stereocenters. The number of nitrogens with one attached hydrogen (secondary N) is 1. The van der Waals surface area contributed by atoms with Crippen molar-refractivity contribution in [3.8, 4) is 0 Å². The van der Waals surface area contributed by atoms with Gasteiger partial charge in [0.05, 0.1) is 6.61 Å². The predicted molar refractivity (Wildman–Crippen MR) is 57.1 cm³/mol. The molecule has 0 radical (unpaired) electrons. The molecule has 1 saturated heterocycles. The zero-order valence-corrected chi connectivity index (χ0v) is 10.1. The molecule has 8 heteroatoms. The average Bonchev–Trinajstić information content (AvgIpc) is 2.27. The molecule has 0 spiro atoms. The van der Waals surface area contributed by atoms with Crippen LogP contribution in [0.5, 0.6) is 0 Å². The van der Waals surface area contributed by atoms with Crippen molar-refractivity contribution in [2.24, 2.45) is 0 Å². The van der Waals surface area contributed by atoms with Gasteiger partial charge in [-0.15, -0.1) is 0 Å². The number of rotatable bonds is 3. The van der Waals surface area contributed by atoms with Crippen LogP contribution >= 0.6 is 0 Å². The minimum absolute atomic E-state index is 0.477. The Bertz CT molecular complexity index is 321. The third-order valence-electron chi connectivity index (χ3n) is 2.54. The summed E-state index contributed by atoms with van der Waals surface area (Å²) >= 11 is 0. The van der Waals surface area contributed by atoms with Gasteiger partial charge in [0.1, 0.15) is 18.2 Å². The fourth-order valence-corrected chi connectivity index (χ4v) is 1.80. The first-order valence-corrected chi connectivity index (χ1v) is 5.43. The summed E-state index contributed by atoms with van der Waals surface area (Å²) in [6.45, 7) is 1.79. The third kappa shape index (κ3) is 3.39. The highest BCUT2D eigenvalue weighted by Gasteiger charge is 2.46. The van der Waals surface area contributed by atoms with Gasteiger partial charge in [0.25, 0.3) is 0 Å². The van der Waals surface area contributed by atoms with Crippen LogP contribution in [0.25, 0.3) is 0 Å². The molecule has 0 aromatic heterocycles. The fraction of sp³-hybridized carbons (Fsp3) is 0.800. The highest BCUT2D eigenvalue weighted by Crippen LogP contribution is 2.22. The molecule has 3 unspecified atom stereocenters. The van der Waals surface area contributed by atoms with Crippen molar-refractivity contribution in [3.05, 3.63) is 0 Å². The topological polar surface area (TPSA) is 125 Å². The first kappa shape index (κ1) is 14.8. The van der Waals surface area contributed by atoms with E-state index in [0.29, 0.717) is 0 Å². The van der Waals surface area contributed by atoms with Gasteiger partial charge in [-0.1, -0.05) is 0 Å². The van der Waals surface area contributed by atoms with Gasteiger partial charge >= 0.3 is 5.97 Å². The summed E-state index contributed by atoms with van der Waals surface area (Å²) < 4.78 is 9.79. The number of hydrogen-bond acceptors (Lipinski definition) is 7. The molecule has 0 aromatic carbocycles. The molecular formula is C10H17NO7. The number of ether oxygens (including phenoxy) is 2. The van der Waals surface area contributed by atoms with E-state index in [9.17, 15) is 19.8 Å². The van der Waals surface area contributed by atoms with Gasteiger partial charge in [-0.05, 0) is 0 Å². The second kappa shape index (κ2) is 6.10. The van der Waals surface area contributed by atoms with E-state index in [1.54, 1.807) is 0 Å². The van der Waals surface area contributed by atoms with Gasteiger partial charge in [-0.3, -0.25) is 9.59 Å². The van der Waals surface area contributed by atoms with Gasteiger partial charge in [-0.25, -0.2) is 0 Å². The first-order chi connectivity index (χ1) is 8.36. The second-order valence-corrected chi connectivity index (χ2v) is 4.04. The Morgan fingerprint density at radius 2 is 1.94 bits per heavy atom. The van der Waals surface area contributed by atoms with E-state index in [4.69, 9.17) is 14.6 Å². The Morgan fingerprint density at radius 3 is 2.39 bits per heavy atom. The molecule has 0 aromatic rings. The molecule has 104 valence electrons. The lowest BCUT2D eigenvalue weighted by atomic mass is 9.96. The fourth-order valence-electron chi connectivity index (χ4n) is 1.80. The number of hydrogen-bond donors (Lipinski definition) is 4. The van der Waals surface area contributed by atoms with Gasteiger partial charge in [-0.2, -0.15) is 0 Å². The molecule has 1 aliphatic rings. The van der Waals surface area contributed by atoms with E-state index < -0.39 is 49.1 Å². The normalized spacial score (nSPS) is 35.9. The van der Waals surface area contributed by atoms with Crippen LogP contribution in [0, 0.1) is 0 Å². The van der Waals surface area contributed by atoms with Crippen LogP contribution in [0.2, 0.25) is 0 Å². The van der Waals surface area contributed by atoms with Crippen LogP contribution < -0.4 is 5.32 Å². The maximum Gasteiger partial charge on any atom is 0.303 e. The Kier molecular flexibility index (Phi) is 5.03. The minimum atomic E-state index is -1.49. The number of carbonyl (C=O) groups is 2. The zero-order chi connectivity index (χ0) is 13.9. The van der Waals surface area contributed by atoms with E-state index in [2.05, 4.69) is 5.32 Å². The Labute approximate surface area is 104 Å². The summed E-state index contributed by atoms with van der Waals surface area (Å²) in [7, 11) is 0. The number of aliphatic hydroxyl groups excluding tert-OH is 3. The molecule has 0 bridgehead atoms. The summed E-state index contributed by atoms with van der Waals surface area (Å²) in [5, 5.41) is 30.8. The summed E-state index contributed by atoms with van der Waals surface area (Å²) in [5.41, 5.74) is 0. The number of esters is 1.